The first-order valence-electron chi connectivity index (χ1n) is 6.43. The fraction of sp³-hybridized carbons (Fsp3) is 0.692. The van der Waals surface area contributed by atoms with Crippen LogP contribution in [0.2, 0.25) is 0 Å². The Morgan fingerprint density at radius 1 is 1.33 bits per heavy atom. The van der Waals surface area contributed by atoms with E-state index in [9.17, 15) is 0 Å². The maximum absolute atomic E-state index is 5.76. The number of hydrogen-bond donors (Lipinski definition) is 2. The van der Waals surface area contributed by atoms with Crippen molar-refractivity contribution in [2.75, 3.05) is 18.2 Å². The third-order valence-electron chi connectivity index (χ3n) is 3.72. The van der Waals surface area contributed by atoms with Gasteiger partial charge in [0.25, 0.3) is 0 Å². The van der Waals surface area contributed by atoms with Crippen molar-refractivity contribution in [3.05, 3.63) is 6.33 Å². The van der Waals surface area contributed by atoms with Crippen LogP contribution in [0.15, 0.2) is 6.33 Å². The molecule has 0 bridgehead atoms. The van der Waals surface area contributed by atoms with Crippen molar-refractivity contribution in [3.8, 4) is 5.75 Å². The minimum absolute atomic E-state index is 0.381. The molecule has 0 atom stereocenters. The van der Waals surface area contributed by atoms with Gasteiger partial charge in [-0.05, 0) is 31.1 Å². The number of rotatable bonds is 3. The molecule has 3 N–H and O–H groups in total. The SMILES string of the molecule is COc1c(N)ncnc1NC1CCC(C)(C)CC1. The van der Waals surface area contributed by atoms with Crippen LogP contribution in [0.25, 0.3) is 0 Å². The average molecular weight is 250 g/mol. The lowest BCUT2D eigenvalue weighted by molar-refractivity contribution is 0.232. The summed E-state index contributed by atoms with van der Waals surface area (Å²) in [5.74, 6) is 1.63. The molecule has 2 rings (SSSR count). The van der Waals surface area contributed by atoms with Gasteiger partial charge in [0.15, 0.2) is 11.6 Å². The van der Waals surface area contributed by atoms with Crippen molar-refractivity contribution in [3.63, 3.8) is 0 Å². The van der Waals surface area contributed by atoms with Crippen LogP contribution in [-0.4, -0.2) is 23.1 Å². The van der Waals surface area contributed by atoms with Gasteiger partial charge in [-0.1, -0.05) is 13.8 Å². The maximum atomic E-state index is 5.76. The van der Waals surface area contributed by atoms with E-state index in [4.69, 9.17) is 10.5 Å². The topological polar surface area (TPSA) is 73.1 Å². The van der Waals surface area contributed by atoms with Gasteiger partial charge in [-0.15, -0.1) is 0 Å². The number of methoxy groups -OCH3 is 1. The summed E-state index contributed by atoms with van der Waals surface area (Å²) in [6.45, 7) is 4.65. The lowest BCUT2D eigenvalue weighted by Gasteiger charge is -2.34. The van der Waals surface area contributed by atoms with Crippen LogP contribution in [0.5, 0.6) is 5.75 Å². The summed E-state index contributed by atoms with van der Waals surface area (Å²) in [5, 5.41) is 3.42. The monoisotopic (exact) mass is 250 g/mol. The molecule has 1 saturated carbocycles. The second-order valence-corrected chi connectivity index (χ2v) is 5.72. The fourth-order valence-corrected chi connectivity index (χ4v) is 2.43. The normalized spacial score (nSPS) is 19.5. The lowest BCUT2D eigenvalue weighted by atomic mass is 9.75. The van der Waals surface area contributed by atoms with E-state index in [-0.39, 0.29) is 0 Å². The molecule has 0 amide bonds. The first-order valence-corrected chi connectivity index (χ1v) is 6.43. The molecule has 0 unspecified atom stereocenters. The molecule has 1 aromatic rings. The van der Waals surface area contributed by atoms with E-state index in [1.807, 2.05) is 0 Å². The van der Waals surface area contributed by atoms with E-state index in [0.717, 1.165) is 12.8 Å². The Kier molecular flexibility index (Phi) is 3.59. The smallest absolute Gasteiger partial charge is 0.203 e. The van der Waals surface area contributed by atoms with E-state index in [1.54, 1.807) is 7.11 Å². The highest BCUT2D eigenvalue weighted by Gasteiger charge is 2.27. The van der Waals surface area contributed by atoms with Crippen molar-refractivity contribution < 1.29 is 4.74 Å². The quantitative estimate of drug-likeness (QED) is 0.862. The average Bonchev–Trinajstić information content (AvgIpc) is 2.32. The summed E-state index contributed by atoms with van der Waals surface area (Å²) >= 11 is 0. The first kappa shape index (κ1) is 12.9. The van der Waals surface area contributed by atoms with Crippen molar-refractivity contribution in [1.82, 2.24) is 9.97 Å². The Balaban J connectivity index is 2.04. The number of nitrogen functional groups attached to an aromatic ring is 1. The van der Waals surface area contributed by atoms with Gasteiger partial charge in [-0.2, -0.15) is 0 Å². The van der Waals surface area contributed by atoms with Crippen LogP contribution >= 0.6 is 0 Å². The summed E-state index contributed by atoms with van der Waals surface area (Å²) in [7, 11) is 1.59. The van der Waals surface area contributed by atoms with Crippen LogP contribution in [0, 0.1) is 5.41 Å². The lowest BCUT2D eigenvalue weighted by Crippen LogP contribution is -2.30. The standard InChI is InChI=1S/C13H22N4O/c1-13(2)6-4-9(5-7-13)17-12-10(18-3)11(14)15-8-16-12/h8-9H,4-7H2,1-3H3,(H3,14,15,16,17). The number of anilines is 2. The van der Waals surface area contributed by atoms with Gasteiger partial charge < -0.3 is 15.8 Å². The Morgan fingerprint density at radius 2 is 2.00 bits per heavy atom. The summed E-state index contributed by atoms with van der Waals surface area (Å²) in [6.07, 6.45) is 6.23. The summed E-state index contributed by atoms with van der Waals surface area (Å²) in [4.78, 5) is 8.14. The predicted octanol–water partition coefficient (Wildman–Crippen LogP) is 2.45. The zero-order valence-electron chi connectivity index (χ0n) is 11.4. The number of nitrogens with zero attached hydrogens (tertiary/aromatic N) is 2. The number of aromatic nitrogens is 2. The second-order valence-electron chi connectivity index (χ2n) is 5.72. The molecule has 5 nitrogen and oxygen atoms in total. The molecule has 5 heteroatoms. The van der Waals surface area contributed by atoms with Gasteiger partial charge in [0.1, 0.15) is 6.33 Å². The highest BCUT2D eigenvalue weighted by molar-refractivity contribution is 5.61. The highest BCUT2D eigenvalue weighted by atomic mass is 16.5. The van der Waals surface area contributed by atoms with Crippen molar-refractivity contribution in [1.29, 1.82) is 0 Å². The van der Waals surface area contributed by atoms with Crippen LogP contribution in [0.4, 0.5) is 11.6 Å². The van der Waals surface area contributed by atoms with Gasteiger partial charge in [0.05, 0.1) is 7.11 Å². The zero-order valence-corrected chi connectivity index (χ0v) is 11.4. The van der Waals surface area contributed by atoms with Gasteiger partial charge in [0, 0.05) is 6.04 Å². The van der Waals surface area contributed by atoms with Crippen LogP contribution in [-0.2, 0) is 0 Å². The minimum atomic E-state index is 0.381. The Morgan fingerprint density at radius 3 is 2.61 bits per heavy atom. The predicted molar refractivity (Wildman–Crippen MR) is 72.7 cm³/mol. The fourth-order valence-electron chi connectivity index (χ4n) is 2.43. The molecular formula is C13H22N4O. The number of nitrogens with one attached hydrogen (secondary N) is 1. The van der Waals surface area contributed by atoms with Crippen LogP contribution in [0.1, 0.15) is 39.5 Å². The van der Waals surface area contributed by atoms with E-state index in [1.165, 1.54) is 19.2 Å². The largest absolute Gasteiger partial charge is 0.490 e. The molecule has 1 fully saturated rings. The van der Waals surface area contributed by atoms with E-state index < -0.39 is 0 Å². The molecule has 0 aromatic carbocycles. The summed E-state index contributed by atoms with van der Waals surface area (Å²) in [6, 6.07) is 0.446. The van der Waals surface area contributed by atoms with Gasteiger partial charge >= 0.3 is 0 Å². The molecule has 100 valence electrons. The van der Waals surface area contributed by atoms with Crippen molar-refractivity contribution in [2.45, 2.75) is 45.6 Å². The zero-order chi connectivity index (χ0) is 13.2. The van der Waals surface area contributed by atoms with Gasteiger partial charge in [-0.3, -0.25) is 0 Å². The second kappa shape index (κ2) is 5.00. The highest BCUT2D eigenvalue weighted by Crippen LogP contribution is 2.37. The van der Waals surface area contributed by atoms with Crippen LogP contribution < -0.4 is 15.8 Å². The van der Waals surface area contributed by atoms with Gasteiger partial charge in [0.2, 0.25) is 5.75 Å². The Labute approximate surface area is 108 Å². The summed E-state index contributed by atoms with van der Waals surface area (Å²) < 4.78 is 5.25. The third-order valence-corrected chi connectivity index (χ3v) is 3.72. The molecule has 18 heavy (non-hydrogen) atoms. The molecule has 1 aliphatic carbocycles. The molecule has 1 heterocycles. The van der Waals surface area contributed by atoms with Crippen molar-refractivity contribution in [2.24, 2.45) is 5.41 Å². The molecular weight excluding hydrogens is 228 g/mol. The Bertz CT molecular complexity index is 409. The molecule has 0 radical (unpaired) electrons. The Hall–Kier alpha value is -1.52. The number of hydrogen-bond acceptors (Lipinski definition) is 5. The first-order chi connectivity index (χ1) is 8.52. The van der Waals surface area contributed by atoms with Crippen LogP contribution in [0.3, 0.4) is 0 Å². The molecule has 1 aliphatic rings. The molecule has 1 aromatic heterocycles. The van der Waals surface area contributed by atoms with E-state index in [0.29, 0.717) is 28.8 Å². The third kappa shape index (κ3) is 2.83. The number of nitrogens with two attached hydrogens (primary N) is 1. The van der Waals surface area contributed by atoms with Gasteiger partial charge in [-0.25, -0.2) is 9.97 Å². The van der Waals surface area contributed by atoms with E-state index >= 15 is 0 Å². The minimum Gasteiger partial charge on any atom is -0.490 e. The molecule has 0 saturated heterocycles. The number of ether oxygens (including phenoxy) is 1. The summed E-state index contributed by atoms with van der Waals surface area (Å²) in [5.41, 5.74) is 6.23. The van der Waals surface area contributed by atoms with Crippen molar-refractivity contribution >= 4 is 11.6 Å². The molecule has 0 spiro atoms. The maximum Gasteiger partial charge on any atom is 0.203 e. The molecule has 0 aliphatic heterocycles. The van der Waals surface area contributed by atoms with E-state index in [2.05, 4.69) is 29.1 Å².